The van der Waals surface area contributed by atoms with Crippen molar-refractivity contribution in [3.63, 3.8) is 0 Å². The molecule has 0 spiro atoms. The summed E-state index contributed by atoms with van der Waals surface area (Å²) in [7, 11) is 7.54. The molecule has 0 aromatic heterocycles. The SMILES string of the molecule is CN=C(NCc1ccc(N(C)C)cc1)NC(C)COC. The molecule has 20 heavy (non-hydrogen) atoms. The van der Waals surface area contributed by atoms with Crippen molar-refractivity contribution in [2.24, 2.45) is 4.99 Å². The lowest BCUT2D eigenvalue weighted by Gasteiger charge is -2.17. The molecular weight excluding hydrogens is 252 g/mol. The molecule has 2 N–H and O–H groups in total. The second kappa shape index (κ2) is 8.43. The molecule has 0 aliphatic carbocycles. The van der Waals surface area contributed by atoms with Gasteiger partial charge in [0.1, 0.15) is 0 Å². The molecule has 5 nitrogen and oxygen atoms in total. The minimum Gasteiger partial charge on any atom is -0.383 e. The Bertz CT molecular complexity index is 414. The Morgan fingerprint density at radius 1 is 1.30 bits per heavy atom. The molecule has 0 aliphatic heterocycles. The van der Waals surface area contributed by atoms with Crippen LogP contribution in [0, 0.1) is 0 Å². The highest BCUT2D eigenvalue weighted by Gasteiger charge is 2.04. The predicted molar refractivity (Wildman–Crippen MR) is 85.4 cm³/mol. The van der Waals surface area contributed by atoms with Crippen LogP contribution in [0.15, 0.2) is 29.3 Å². The summed E-state index contributed by atoms with van der Waals surface area (Å²) >= 11 is 0. The number of hydrogen-bond acceptors (Lipinski definition) is 3. The Kier molecular flexibility index (Phi) is 6.87. The van der Waals surface area contributed by atoms with Crippen molar-refractivity contribution in [2.45, 2.75) is 19.5 Å². The Hall–Kier alpha value is -1.75. The number of nitrogens with zero attached hydrogens (tertiary/aromatic N) is 2. The maximum absolute atomic E-state index is 5.10. The van der Waals surface area contributed by atoms with E-state index < -0.39 is 0 Å². The maximum Gasteiger partial charge on any atom is 0.191 e. The average Bonchev–Trinajstić information content (AvgIpc) is 2.44. The highest BCUT2D eigenvalue weighted by molar-refractivity contribution is 5.79. The van der Waals surface area contributed by atoms with Gasteiger partial charge in [0, 0.05) is 46.5 Å². The number of methoxy groups -OCH3 is 1. The van der Waals surface area contributed by atoms with Crippen molar-refractivity contribution < 1.29 is 4.74 Å². The van der Waals surface area contributed by atoms with Crippen LogP contribution in [-0.2, 0) is 11.3 Å². The number of nitrogens with one attached hydrogen (secondary N) is 2. The fraction of sp³-hybridized carbons (Fsp3) is 0.533. The van der Waals surface area contributed by atoms with Gasteiger partial charge in [-0.05, 0) is 24.6 Å². The van der Waals surface area contributed by atoms with Crippen LogP contribution in [0.25, 0.3) is 0 Å². The number of benzene rings is 1. The second-order valence-electron chi connectivity index (χ2n) is 4.99. The Balaban J connectivity index is 2.48. The highest BCUT2D eigenvalue weighted by atomic mass is 16.5. The lowest BCUT2D eigenvalue weighted by Crippen LogP contribution is -2.43. The van der Waals surface area contributed by atoms with E-state index in [4.69, 9.17) is 4.74 Å². The summed E-state index contributed by atoms with van der Waals surface area (Å²) < 4.78 is 5.10. The van der Waals surface area contributed by atoms with Crippen molar-refractivity contribution in [3.8, 4) is 0 Å². The van der Waals surface area contributed by atoms with E-state index in [-0.39, 0.29) is 6.04 Å². The number of aliphatic imine (C=N–C) groups is 1. The highest BCUT2D eigenvalue weighted by Crippen LogP contribution is 2.11. The summed E-state index contributed by atoms with van der Waals surface area (Å²) in [5, 5.41) is 6.57. The van der Waals surface area contributed by atoms with Crippen LogP contribution in [0.5, 0.6) is 0 Å². The lowest BCUT2D eigenvalue weighted by molar-refractivity contribution is 0.179. The third kappa shape index (κ3) is 5.48. The molecule has 1 atom stereocenters. The molecule has 0 radical (unpaired) electrons. The largest absolute Gasteiger partial charge is 0.383 e. The van der Waals surface area contributed by atoms with Gasteiger partial charge in [-0.1, -0.05) is 12.1 Å². The molecule has 1 aromatic carbocycles. The van der Waals surface area contributed by atoms with E-state index in [1.54, 1.807) is 14.2 Å². The second-order valence-corrected chi connectivity index (χ2v) is 4.99. The summed E-state index contributed by atoms with van der Waals surface area (Å²) in [6.45, 7) is 3.45. The monoisotopic (exact) mass is 278 g/mol. The Labute approximate surface area is 122 Å². The van der Waals surface area contributed by atoms with Crippen LogP contribution in [0.1, 0.15) is 12.5 Å². The first kappa shape index (κ1) is 16.3. The summed E-state index contributed by atoms with van der Waals surface area (Å²) in [6, 6.07) is 8.69. The van der Waals surface area contributed by atoms with Gasteiger partial charge in [-0.3, -0.25) is 4.99 Å². The smallest absolute Gasteiger partial charge is 0.191 e. The van der Waals surface area contributed by atoms with Gasteiger partial charge in [0.2, 0.25) is 0 Å². The van der Waals surface area contributed by atoms with Gasteiger partial charge >= 0.3 is 0 Å². The van der Waals surface area contributed by atoms with Gasteiger partial charge < -0.3 is 20.3 Å². The molecule has 0 bridgehead atoms. The molecule has 0 heterocycles. The van der Waals surface area contributed by atoms with Gasteiger partial charge in [-0.25, -0.2) is 0 Å². The van der Waals surface area contributed by atoms with Crippen LogP contribution >= 0.6 is 0 Å². The van der Waals surface area contributed by atoms with Crippen molar-refractivity contribution in [3.05, 3.63) is 29.8 Å². The van der Waals surface area contributed by atoms with Gasteiger partial charge in [-0.2, -0.15) is 0 Å². The molecule has 0 fully saturated rings. The van der Waals surface area contributed by atoms with Crippen molar-refractivity contribution in [1.82, 2.24) is 10.6 Å². The summed E-state index contributed by atoms with van der Waals surface area (Å²) in [5.74, 6) is 0.784. The molecule has 0 saturated heterocycles. The summed E-state index contributed by atoms with van der Waals surface area (Å²) in [6.07, 6.45) is 0. The molecule has 0 amide bonds. The maximum atomic E-state index is 5.10. The van der Waals surface area contributed by atoms with Crippen LogP contribution in [0.3, 0.4) is 0 Å². The number of hydrogen-bond donors (Lipinski definition) is 2. The first-order valence-electron chi connectivity index (χ1n) is 6.79. The fourth-order valence-electron chi connectivity index (χ4n) is 1.82. The van der Waals surface area contributed by atoms with E-state index in [9.17, 15) is 0 Å². The first-order chi connectivity index (χ1) is 9.56. The van der Waals surface area contributed by atoms with Gasteiger partial charge in [0.05, 0.1) is 6.61 Å². The van der Waals surface area contributed by atoms with Crippen molar-refractivity contribution >= 4 is 11.6 Å². The van der Waals surface area contributed by atoms with Crippen molar-refractivity contribution in [1.29, 1.82) is 0 Å². The molecule has 1 aromatic rings. The molecule has 0 aliphatic rings. The molecular formula is C15H26N4O. The van der Waals surface area contributed by atoms with Crippen LogP contribution in [0.4, 0.5) is 5.69 Å². The van der Waals surface area contributed by atoms with Crippen molar-refractivity contribution in [2.75, 3.05) is 39.8 Å². The Morgan fingerprint density at radius 2 is 1.95 bits per heavy atom. The zero-order valence-electron chi connectivity index (χ0n) is 13.1. The van der Waals surface area contributed by atoms with Gasteiger partial charge in [-0.15, -0.1) is 0 Å². The quantitative estimate of drug-likeness (QED) is 0.611. The normalized spacial score (nSPS) is 12.9. The van der Waals surface area contributed by atoms with E-state index in [1.165, 1.54) is 11.3 Å². The number of rotatable bonds is 6. The molecule has 1 rings (SSSR count). The van der Waals surface area contributed by atoms with E-state index >= 15 is 0 Å². The van der Waals surface area contributed by atoms with Gasteiger partial charge in [0.25, 0.3) is 0 Å². The third-order valence-electron chi connectivity index (χ3n) is 2.94. The predicted octanol–water partition coefficient (Wildman–Crippen LogP) is 1.45. The molecule has 112 valence electrons. The van der Waals surface area contributed by atoms with E-state index in [1.807, 2.05) is 14.1 Å². The molecule has 1 unspecified atom stereocenters. The fourth-order valence-corrected chi connectivity index (χ4v) is 1.82. The first-order valence-corrected chi connectivity index (χ1v) is 6.79. The lowest BCUT2D eigenvalue weighted by atomic mass is 10.2. The zero-order valence-corrected chi connectivity index (χ0v) is 13.1. The average molecular weight is 278 g/mol. The molecule has 0 saturated carbocycles. The number of anilines is 1. The van der Waals surface area contributed by atoms with Crippen LogP contribution in [0.2, 0.25) is 0 Å². The zero-order chi connectivity index (χ0) is 15.0. The van der Waals surface area contributed by atoms with Crippen LogP contribution in [-0.4, -0.2) is 46.9 Å². The standard InChI is InChI=1S/C15H26N4O/c1-12(11-20-5)18-15(16-2)17-10-13-6-8-14(9-7-13)19(3)4/h6-9,12H,10-11H2,1-5H3,(H2,16,17,18). The topological polar surface area (TPSA) is 48.9 Å². The summed E-state index contributed by atoms with van der Waals surface area (Å²) in [5.41, 5.74) is 2.42. The van der Waals surface area contributed by atoms with E-state index in [2.05, 4.69) is 51.7 Å². The Morgan fingerprint density at radius 3 is 2.45 bits per heavy atom. The summed E-state index contributed by atoms with van der Waals surface area (Å²) in [4.78, 5) is 6.29. The minimum atomic E-state index is 0.224. The number of guanidine groups is 1. The van der Waals surface area contributed by atoms with E-state index in [0.29, 0.717) is 6.61 Å². The van der Waals surface area contributed by atoms with E-state index in [0.717, 1.165) is 12.5 Å². The van der Waals surface area contributed by atoms with Gasteiger partial charge in [0.15, 0.2) is 5.96 Å². The minimum absolute atomic E-state index is 0.224. The number of ether oxygens (including phenoxy) is 1. The van der Waals surface area contributed by atoms with Crippen LogP contribution < -0.4 is 15.5 Å². The molecule has 5 heteroatoms. The third-order valence-corrected chi connectivity index (χ3v) is 2.94.